The summed E-state index contributed by atoms with van der Waals surface area (Å²) >= 11 is 6.62. The van der Waals surface area contributed by atoms with E-state index in [-0.39, 0.29) is 17.5 Å². The molecule has 4 aromatic rings. The molecule has 6 heteroatoms. The van der Waals surface area contributed by atoms with Gasteiger partial charge in [0.2, 0.25) is 5.91 Å². The molecule has 0 bridgehead atoms. The summed E-state index contributed by atoms with van der Waals surface area (Å²) < 4.78 is 0. The van der Waals surface area contributed by atoms with Crippen LogP contribution in [0.25, 0.3) is 6.08 Å². The molecule has 3 aliphatic rings. The number of carbonyl (C=O) groups excluding carboxylic acids is 3. The number of hydrogen-bond donors (Lipinski definition) is 1. The van der Waals surface area contributed by atoms with Crippen LogP contribution in [0.2, 0.25) is 5.02 Å². The van der Waals surface area contributed by atoms with Crippen LogP contribution in [0.4, 0.5) is 11.4 Å². The summed E-state index contributed by atoms with van der Waals surface area (Å²) in [6.45, 7) is 4.31. The van der Waals surface area contributed by atoms with E-state index >= 15 is 0 Å². The lowest BCUT2D eigenvalue weighted by Gasteiger charge is -2.37. The van der Waals surface area contributed by atoms with E-state index in [0.29, 0.717) is 27.8 Å². The van der Waals surface area contributed by atoms with E-state index in [1.54, 1.807) is 24.3 Å². The predicted octanol–water partition coefficient (Wildman–Crippen LogP) is 7.39. The first-order valence-corrected chi connectivity index (χ1v) is 15.1. The van der Waals surface area contributed by atoms with Gasteiger partial charge in [0.15, 0.2) is 11.6 Å². The van der Waals surface area contributed by atoms with Crippen molar-refractivity contribution in [2.45, 2.75) is 37.8 Å². The normalized spacial score (nSPS) is 23.2. The summed E-state index contributed by atoms with van der Waals surface area (Å²) in [5.41, 5.74) is 3.70. The summed E-state index contributed by atoms with van der Waals surface area (Å²) in [6, 6.07) is 28.3. The van der Waals surface area contributed by atoms with E-state index in [0.717, 1.165) is 28.8 Å². The standard InChI is InChI=1S/C37H31ClN2O3/c1-22(2)21-23-15-17-25(18-16-23)34(41)32-33(35(42)26-10-4-6-12-28(26)38)40-30-14-8-3-9-24(30)19-20-31(40)37(32)27-11-5-7-13-29(27)39-36(37)43/h3-20,22,31-33H,21H2,1-2H3,(H,39,43)/t31-,32+,33+,37-/m1/s1. The third-order valence-corrected chi connectivity index (χ3v) is 9.44. The van der Waals surface area contributed by atoms with E-state index in [1.165, 1.54) is 0 Å². The molecule has 43 heavy (non-hydrogen) atoms. The molecule has 5 nitrogen and oxygen atoms in total. The van der Waals surface area contributed by atoms with Crippen LogP contribution in [-0.4, -0.2) is 29.6 Å². The molecule has 1 fully saturated rings. The van der Waals surface area contributed by atoms with Gasteiger partial charge in [-0.15, -0.1) is 0 Å². The Bertz CT molecular complexity index is 1810. The SMILES string of the molecule is CC(C)Cc1ccc(C(=O)[C@@H]2[C@@H](C(=O)c3ccccc3Cl)N3c4ccccc4C=C[C@@H]3[C@@]23C(=O)Nc2ccccc23)cc1. The number of ketones is 2. The van der Waals surface area contributed by atoms with Crippen LogP contribution in [0.1, 0.15) is 51.3 Å². The number of anilines is 2. The van der Waals surface area contributed by atoms with Gasteiger partial charge in [0, 0.05) is 22.5 Å². The minimum Gasteiger partial charge on any atom is -0.352 e. The van der Waals surface area contributed by atoms with Gasteiger partial charge in [-0.05, 0) is 53.3 Å². The van der Waals surface area contributed by atoms with Gasteiger partial charge in [-0.1, -0.05) is 110 Å². The maximum absolute atomic E-state index is 15.0. The van der Waals surface area contributed by atoms with Crippen molar-refractivity contribution in [2.75, 3.05) is 10.2 Å². The Balaban J connectivity index is 1.49. The Labute approximate surface area is 256 Å². The highest BCUT2D eigenvalue weighted by molar-refractivity contribution is 6.34. The third kappa shape index (κ3) is 4.09. The average molecular weight is 587 g/mol. The zero-order valence-corrected chi connectivity index (χ0v) is 24.7. The van der Waals surface area contributed by atoms with Crippen molar-refractivity contribution in [3.63, 3.8) is 0 Å². The molecule has 0 saturated carbocycles. The van der Waals surface area contributed by atoms with Gasteiger partial charge < -0.3 is 10.2 Å². The molecule has 0 aliphatic carbocycles. The minimum absolute atomic E-state index is 0.242. The molecule has 3 heterocycles. The second-order valence-electron chi connectivity index (χ2n) is 12.1. The van der Waals surface area contributed by atoms with Crippen LogP contribution in [0.15, 0.2) is 103 Å². The number of Topliss-reactive ketones (excluding diaryl/α,β-unsaturated/α-hetero) is 2. The molecule has 1 N–H and O–H groups in total. The molecular weight excluding hydrogens is 556 g/mol. The lowest BCUT2D eigenvalue weighted by molar-refractivity contribution is -0.121. The lowest BCUT2D eigenvalue weighted by atomic mass is 9.64. The monoisotopic (exact) mass is 586 g/mol. The number of carbonyl (C=O) groups is 3. The van der Waals surface area contributed by atoms with E-state index in [2.05, 4.69) is 19.2 Å². The van der Waals surface area contributed by atoms with Gasteiger partial charge >= 0.3 is 0 Å². The predicted molar refractivity (Wildman–Crippen MR) is 171 cm³/mol. The zero-order chi connectivity index (χ0) is 29.9. The first-order chi connectivity index (χ1) is 20.8. The highest BCUT2D eigenvalue weighted by atomic mass is 35.5. The van der Waals surface area contributed by atoms with Crippen molar-refractivity contribution in [3.05, 3.63) is 136 Å². The Morgan fingerprint density at radius 2 is 1.58 bits per heavy atom. The third-order valence-electron chi connectivity index (χ3n) is 9.11. The fraction of sp³-hybridized carbons (Fsp3) is 0.216. The molecule has 3 aliphatic heterocycles. The number of para-hydroxylation sites is 2. The second kappa shape index (κ2) is 10.4. The second-order valence-corrected chi connectivity index (χ2v) is 12.5. The molecule has 214 valence electrons. The van der Waals surface area contributed by atoms with Gasteiger partial charge in [0.05, 0.1) is 17.0 Å². The highest BCUT2D eigenvalue weighted by Gasteiger charge is 2.70. The number of amides is 1. The van der Waals surface area contributed by atoms with Crippen LogP contribution >= 0.6 is 11.6 Å². The van der Waals surface area contributed by atoms with Crippen molar-refractivity contribution >= 4 is 46.5 Å². The molecule has 4 atom stereocenters. The Hall–Kier alpha value is -4.48. The molecule has 0 radical (unpaired) electrons. The van der Waals surface area contributed by atoms with E-state index < -0.39 is 23.4 Å². The van der Waals surface area contributed by atoms with Crippen LogP contribution < -0.4 is 10.2 Å². The van der Waals surface area contributed by atoms with Crippen LogP contribution in [0, 0.1) is 11.8 Å². The highest BCUT2D eigenvalue weighted by Crippen LogP contribution is 2.58. The summed E-state index contributed by atoms with van der Waals surface area (Å²) in [7, 11) is 0. The molecule has 1 saturated heterocycles. The topological polar surface area (TPSA) is 66.5 Å². The summed E-state index contributed by atoms with van der Waals surface area (Å²) in [4.78, 5) is 46.2. The average Bonchev–Trinajstić information content (AvgIpc) is 3.49. The molecular formula is C37H31ClN2O3. The Kier molecular flexibility index (Phi) is 6.59. The van der Waals surface area contributed by atoms with Crippen LogP contribution in [0.5, 0.6) is 0 Å². The first-order valence-electron chi connectivity index (χ1n) is 14.7. The van der Waals surface area contributed by atoms with Crippen LogP contribution in [0.3, 0.4) is 0 Å². The number of rotatable bonds is 6. The Morgan fingerprint density at radius 1 is 0.884 bits per heavy atom. The van der Waals surface area contributed by atoms with Crippen molar-refractivity contribution < 1.29 is 14.4 Å². The van der Waals surface area contributed by atoms with Gasteiger partial charge in [-0.3, -0.25) is 14.4 Å². The molecule has 1 spiro atoms. The smallest absolute Gasteiger partial charge is 0.238 e. The fourth-order valence-electron chi connectivity index (χ4n) is 7.40. The number of nitrogens with zero attached hydrogens (tertiary/aromatic N) is 1. The van der Waals surface area contributed by atoms with E-state index in [4.69, 9.17) is 11.6 Å². The first kappa shape index (κ1) is 27.4. The number of benzene rings is 4. The molecule has 0 aromatic heterocycles. The summed E-state index contributed by atoms with van der Waals surface area (Å²) in [5, 5.41) is 3.39. The number of hydrogen-bond acceptors (Lipinski definition) is 4. The van der Waals surface area contributed by atoms with Gasteiger partial charge in [-0.2, -0.15) is 0 Å². The molecule has 7 rings (SSSR count). The molecule has 0 unspecified atom stereocenters. The van der Waals surface area contributed by atoms with Gasteiger partial charge in [0.25, 0.3) is 0 Å². The number of nitrogens with one attached hydrogen (secondary N) is 1. The zero-order valence-electron chi connectivity index (χ0n) is 24.0. The fourth-order valence-corrected chi connectivity index (χ4v) is 7.63. The van der Waals surface area contributed by atoms with E-state index in [9.17, 15) is 14.4 Å². The minimum atomic E-state index is -1.35. The van der Waals surface area contributed by atoms with Gasteiger partial charge in [-0.25, -0.2) is 0 Å². The van der Waals surface area contributed by atoms with Crippen molar-refractivity contribution in [1.29, 1.82) is 0 Å². The number of fused-ring (bicyclic) bond motifs is 6. The molecule has 4 aromatic carbocycles. The maximum atomic E-state index is 15.0. The van der Waals surface area contributed by atoms with Gasteiger partial charge in [0.1, 0.15) is 11.5 Å². The number of halogens is 1. The van der Waals surface area contributed by atoms with Crippen LogP contribution in [-0.2, 0) is 16.6 Å². The van der Waals surface area contributed by atoms with Crippen molar-refractivity contribution in [1.82, 2.24) is 0 Å². The summed E-state index contributed by atoms with van der Waals surface area (Å²) in [5.74, 6) is -1.37. The lowest BCUT2D eigenvalue weighted by Crippen LogP contribution is -2.51. The van der Waals surface area contributed by atoms with E-state index in [1.807, 2.05) is 89.8 Å². The largest absolute Gasteiger partial charge is 0.352 e. The van der Waals surface area contributed by atoms with Crippen molar-refractivity contribution in [3.8, 4) is 0 Å². The Morgan fingerprint density at radius 3 is 2.35 bits per heavy atom. The molecule has 1 amide bonds. The quantitative estimate of drug-likeness (QED) is 0.239. The maximum Gasteiger partial charge on any atom is 0.238 e. The summed E-state index contributed by atoms with van der Waals surface area (Å²) in [6.07, 6.45) is 4.87. The van der Waals surface area contributed by atoms with Crippen molar-refractivity contribution in [2.24, 2.45) is 11.8 Å².